The molecular weight excluding hydrogens is 343 g/mol. The fourth-order valence-electron chi connectivity index (χ4n) is 2.31. The van der Waals surface area contributed by atoms with Gasteiger partial charge in [-0.25, -0.2) is 0 Å². The minimum atomic E-state index is -0.215. The van der Waals surface area contributed by atoms with Crippen molar-refractivity contribution in [1.29, 1.82) is 0 Å². The maximum atomic E-state index is 12.1. The van der Waals surface area contributed by atoms with E-state index in [0.717, 1.165) is 13.1 Å². The maximum absolute atomic E-state index is 12.1. The Morgan fingerprint density at radius 2 is 1.74 bits per heavy atom. The summed E-state index contributed by atoms with van der Waals surface area (Å²) in [5, 5.41) is 2.87. The first kappa shape index (κ1) is 24.6. The van der Waals surface area contributed by atoms with Gasteiger partial charge in [0.25, 0.3) is 0 Å². The van der Waals surface area contributed by atoms with Gasteiger partial charge in [0.1, 0.15) is 0 Å². The first-order valence-electron chi connectivity index (χ1n) is 7.48. The van der Waals surface area contributed by atoms with Crippen LogP contribution in [-0.4, -0.2) is 80.1 Å². The molecule has 1 aliphatic heterocycles. The molecule has 9 heteroatoms. The summed E-state index contributed by atoms with van der Waals surface area (Å²) in [5.74, 6) is 0.103. The third kappa shape index (κ3) is 9.32. The number of hydrogen-bond donors (Lipinski definition) is 2. The number of halogens is 2. The molecule has 1 saturated heterocycles. The van der Waals surface area contributed by atoms with Gasteiger partial charge in [0.05, 0.1) is 19.1 Å². The Morgan fingerprint density at radius 3 is 2.17 bits per heavy atom. The monoisotopic (exact) mass is 372 g/mol. The van der Waals surface area contributed by atoms with Gasteiger partial charge in [0, 0.05) is 45.9 Å². The topological polar surface area (TPSA) is 87.9 Å². The first-order chi connectivity index (χ1) is 9.96. The number of nitrogens with zero attached hydrogens (tertiary/aromatic N) is 2. The molecule has 1 aliphatic rings. The van der Waals surface area contributed by atoms with Gasteiger partial charge in [-0.2, -0.15) is 0 Å². The lowest BCUT2D eigenvalue weighted by Crippen LogP contribution is -2.52. The van der Waals surface area contributed by atoms with Crippen molar-refractivity contribution >= 4 is 36.6 Å². The fourth-order valence-corrected chi connectivity index (χ4v) is 2.31. The summed E-state index contributed by atoms with van der Waals surface area (Å²) in [5.41, 5.74) is 5.53. The minimum Gasteiger partial charge on any atom is -0.380 e. The van der Waals surface area contributed by atoms with Crippen molar-refractivity contribution in [2.45, 2.75) is 32.4 Å². The van der Waals surface area contributed by atoms with Crippen LogP contribution in [-0.2, 0) is 14.3 Å². The van der Waals surface area contributed by atoms with Gasteiger partial charge < -0.3 is 20.7 Å². The summed E-state index contributed by atoms with van der Waals surface area (Å²) in [4.78, 5) is 27.7. The lowest BCUT2D eigenvalue weighted by Gasteiger charge is -2.35. The highest BCUT2D eigenvalue weighted by atomic mass is 35.5. The predicted octanol–water partition coefficient (Wildman–Crippen LogP) is -0.137. The molecule has 0 saturated carbocycles. The van der Waals surface area contributed by atoms with Gasteiger partial charge in [-0.15, -0.1) is 24.8 Å². The largest absolute Gasteiger partial charge is 0.380 e. The van der Waals surface area contributed by atoms with Crippen LogP contribution in [0.4, 0.5) is 0 Å². The van der Waals surface area contributed by atoms with Gasteiger partial charge >= 0.3 is 0 Å². The molecule has 23 heavy (non-hydrogen) atoms. The maximum Gasteiger partial charge on any atom is 0.234 e. The molecule has 0 radical (unpaired) electrons. The highest BCUT2D eigenvalue weighted by molar-refractivity contribution is 5.85. The summed E-state index contributed by atoms with van der Waals surface area (Å²) in [7, 11) is 1.57. The molecule has 0 aliphatic carbocycles. The third-order valence-electron chi connectivity index (χ3n) is 3.54. The summed E-state index contributed by atoms with van der Waals surface area (Å²) < 4.78 is 5.14. The Morgan fingerprint density at radius 1 is 1.17 bits per heavy atom. The molecular formula is C14H30Cl2N4O3. The van der Waals surface area contributed by atoms with Crippen LogP contribution >= 0.6 is 24.8 Å². The Labute approximate surface area is 151 Å². The molecule has 0 aromatic heterocycles. The van der Waals surface area contributed by atoms with Crippen LogP contribution in [0.5, 0.6) is 0 Å². The van der Waals surface area contributed by atoms with Crippen LogP contribution < -0.4 is 11.1 Å². The first-order valence-corrected chi connectivity index (χ1v) is 7.48. The number of piperazine rings is 1. The molecule has 1 atom stereocenters. The average Bonchev–Trinajstić information content (AvgIpc) is 2.44. The zero-order chi connectivity index (χ0) is 15.8. The number of hydrogen-bond acceptors (Lipinski definition) is 5. The highest BCUT2D eigenvalue weighted by Gasteiger charge is 2.24. The lowest BCUT2D eigenvalue weighted by atomic mass is 10.2. The molecule has 1 heterocycles. The Hall–Kier alpha value is -0.600. The van der Waals surface area contributed by atoms with Crippen molar-refractivity contribution in [3.63, 3.8) is 0 Å². The normalized spacial score (nSPS) is 16.3. The number of carbonyl (C=O) groups excluding carboxylic acids is 2. The van der Waals surface area contributed by atoms with E-state index < -0.39 is 0 Å². The predicted molar refractivity (Wildman–Crippen MR) is 95.3 cm³/mol. The quantitative estimate of drug-likeness (QED) is 0.649. The van der Waals surface area contributed by atoms with Gasteiger partial charge in [-0.3, -0.25) is 14.5 Å². The van der Waals surface area contributed by atoms with Crippen molar-refractivity contribution in [3.8, 4) is 0 Å². The molecule has 0 spiro atoms. The number of methoxy groups -OCH3 is 1. The molecule has 2 amide bonds. The smallest absolute Gasteiger partial charge is 0.234 e. The van der Waals surface area contributed by atoms with Gasteiger partial charge in [-0.05, 0) is 13.8 Å². The van der Waals surface area contributed by atoms with Crippen molar-refractivity contribution in [2.75, 3.05) is 46.4 Å². The van der Waals surface area contributed by atoms with Crippen LogP contribution in [0.1, 0.15) is 20.3 Å². The molecule has 7 nitrogen and oxygen atoms in total. The second kappa shape index (κ2) is 12.8. The Kier molecular flexibility index (Phi) is 13.7. The van der Waals surface area contributed by atoms with Gasteiger partial charge in [0.15, 0.2) is 0 Å². The average molecular weight is 373 g/mol. The van der Waals surface area contributed by atoms with E-state index in [-0.39, 0.29) is 48.8 Å². The molecule has 0 aromatic rings. The second-order valence-electron chi connectivity index (χ2n) is 5.68. The number of nitrogens with two attached hydrogens (primary N) is 1. The summed E-state index contributed by atoms with van der Waals surface area (Å²) in [6, 6.07) is 0.155. The minimum absolute atomic E-state index is 0. The van der Waals surface area contributed by atoms with E-state index in [4.69, 9.17) is 10.5 Å². The standard InChI is InChI=1S/C14H28N4O3.2ClH/c1-11(2)16-13(19)10-17-4-6-18(7-5-17)14(20)8-12(9-15)21-3;;/h11-12H,4-10,15H2,1-3H3,(H,16,19);2*1H. The summed E-state index contributed by atoms with van der Waals surface area (Å²) in [6.45, 7) is 7.36. The lowest BCUT2D eigenvalue weighted by molar-refractivity contribution is -0.135. The third-order valence-corrected chi connectivity index (χ3v) is 3.54. The Bertz CT molecular complexity index is 347. The van der Waals surface area contributed by atoms with Crippen molar-refractivity contribution in [1.82, 2.24) is 15.1 Å². The number of rotatable bonds is 7. The van der Waals surface area contributed by atoms with Crippen LogP contribution in [0.25, 0.3) is 0 Å². The zero-order valence-corrected chi connectivity index (χ0v) is 15.8. The molecule has 1 unspecified atom stereocenters. The van der Waals surface area contributed by atoms with E-state index in [0.29, 0.717) is 32.6 Å². The van der Waals surface area contributed by atoms with E-state index in [2.05, 4.69) is 10.2 Å². The van der Waals surface area contributed by atoms with Crippen LogP contribution in [0.2, 0.25) is 0 Å². The van der Waals surface area contributed by atoms with E-state index in [9.17, 15) is 9.59 Å². The SMILES string of the molecule is COC(CN)CC(=O)N1CCN(CC(=O)NC(C)C)CC1.Cl.Cl. The van der Waals surface area contributed by atoms with Gasteiger partial charge in [0.2, 0.25) is 11.8 Å². The number of carbonyl (C=O) groups is 2. The van der Waals surface area contributed by atoms with Crippen molar-refractivity contribution in [3.05, 3.63) is 0 Å². The van der Waals surface area contributed by atoms with Crippen LogP contribution in [0.15, 0.2) is 0 Å². The van der Waals surface area contributed by atoms with E-state index in [1.165, 1.54) is 0 Å². The van der Waals surface area contributed by atoms with Crippen molar-refractivity contribution in [2.24, 2.45) is 5.73 Å². The van der Waals surface area contributed by atoms with Crippen LogP contribution in [0, 0.1) is 0 Å². The van der Waals surface area contributed by atoms with E-state index in [1.54, 1.807) is 7.11 Å². The van der Waals surface area contributed by atoms with E-state index >= 15 is 0 Å². The second-order valence-corrected chi connectivity index (χ2v) is 5.68. The molecule has 1 rings (SSSR count). The zero-order valence-electron chi connectivity index (χ0n) is 14.1. The molecule has 0 bridgehead atoms. The highest BCUT2D eigenvalue weighted by Crippen LogP contribution is 2.06. The number of nitrogens with one attached hydrogen (secondary N) is 1. The molecule has 0 aromatic carbocycles. The molecule has 1 fully saturated rings. The molecule has 138 valence electrons. The van der Waals surface area contributed by atoms with E-state index in [1.807, 2.05) is 18.7 Å². The van der Waals surface area contributed by atoms with Crippen LogP contribution in [0.3, 0.4) is 0 Å². The van der Waals surface area contributed by atoms with Crippen molar-refractivity contribution < 1.29 is 14.3 Å². The fraction of sp³-hybridized carbons (Fsp3) is 0.857. The summed E-state index contributed by atoms with van der Waals surface area (Å²) in [6.07, 6.45) is 0.105. The number of amides is 2. The molecule has 3 N–H and O–H groups in total. The summed E-state index contributed by atoms with van der Waals surface area (Å²) >= 11 is 0. The van der Waals surface area contributed by atoms with Gasteiger partial charge in [-0.1, -0.05) is 0 Å². The number of ether oxygens (including phenoxy) is 1. The Balaban J connectivity index is 0.